The zero-order valence-electron chi connectivity index (χ0n) is 12.2. The molecule has 2 atom stereocenters. The van der Waals surface area contributed by atoms with Crippen LogP contribution in [0, 0.1) is 5.92 Å². The lowest BCUT2D eigenvalue weighted by Crippen LogP contribution is -2.48. The number of amides is 1. The predicted octanol–water partition coefficient (Wildman–Crippen LogP) is 2.28. The van der Waals surface area contributed by atoms with Crippen molar-refractivity contribution in [3.05, 3.63) is 23.4 Å². The molecular weight excluding hydrogens is 329 g/mol. The van der Waals surface area contributed by atoms with Gasteiger partial charge in [-0.05, 0) is 38.4 Å². The van der Waals surface area contributed by atoms with Gasteiger partial charge in [-0.2, -0.15) is 0 Å². The zero-order chi connectivity index (χ0) is 15.4. The monoisotopic (exact) mass is 347 g/mol. The van der Waals surface area contributed by atoms with Gasteiger partial charge in [0, 0.05) is 12.7 Å². The quantitative estimate of drug-likeness (QED) is 0.872. The summed E-state index contributed by atoms with van der Waals surface area (Å²) in [6, 6.07) is 2.88. The fourth-order valence-electron chi connectivity index (χ4n) is 2.41. The van der Waals surface area contributed by atoms with Crippen molar-refractivity contribution in [2.75, 3.05) is 18.4 Å². The van der Waals surface area contributed by atoms with Crippen molar-refractivity contribution in [3.63, 3.8) is 0 Å². The summed E-state index contributed by atoms with van der Waals surface area (Å²) in [6.07, 6.45) is 2.91. The number of aliphatic carboxylic acids is 1. The molecule has 0 radical (unpaired) electrons. The van der Waals surface area contributed by atoms with Crippen LogP contribution >= 0.6 is 24.0 Å². The van der Waals surface area contributed by atoms with Crippen LogP contribution in [0.25, 0.3) is 0 Å². The second-order valence-corrected chi connectivity index (χ2v) is 5.64. The van der Waals surface area contributed by atoms with E-state index in [0.717, 1.165) is 13.0 Å². The number of carbonyl (C=O) groups is 2. The number of halogens is 2. The number of hydrogen-bond acceptors (Lipinski definition) is 4. The van der Waals surface area contributed by atoms with Crippen molar-refractivity contribution in [1.82, 2.24) is 9.88 Å². The molecule has 1 aliphatic heterocycles. The number of anilines is 1. The number of pyridine rings is 1. The summed E-state index contributed by atoms with van der Waals surface area (Å²) in [7, 11) is 0. The van der Waals surface area contributed by atoms with Crippen LogP contribution in [0.15, 0.2) is 18.3 Å². The van der Waals surface area contributed by atoms with E-state index in [-0.39, 0.29) is 18.3 Å². The Labute approximate surface area is 140 Å². The largest absolute Gasteiger partial charge is 0.481 e. The summed E-state index contributed by atoms with van der Waals surface area (Å²) in [6.45, 7) is 2.90. The molecule has 0 spiro atoms. The molecule has 0 aliphatic carbocycles. The lowest BCUT2D eigenvalue weighted by molar-refractivity contribution is -0.144. The highest BCUT2D eigenvalue weighted by atomic mass is 35.5. The summed E-state index contributed by atoms with van der Waals surface area (Å²) in [5.74, 6) is -0.965. The van der Waals surface area contributed by atoms with Gasteiger partial charge >= 0.3 is 5.97 Å². The number of piperidine rings is 1. The van der Waals surface area contributed by atoms with E-state index >= 15 is 0 Å². The minimum absolute atomic E-state index is 0. The first-order valence-corrected chi connectivity index (χ1v) is 7.24. The Hall–Kier alpha value is -1.37. The molecule has 2 N–H and O–H groups in total. The molecule has 122 valence electrons. The fourth-order valence-corrected chi connectivity index (χ4v) is 2.52. The Morgan fingerprint density at radius 2 is 2.23 bits per heavy atom. The van der Waals surface area contributed by atoms with Crippen molar-refractivity contribution in [2.45, 2.75) is 25.8 Å². The zero-order valence-corrected chi connectivity index (χ0v) is 13.7. The summed E-state index contributed by atoms with van der Waals surface area (Å²) in [4.78, 5) is 29.2. The van der Waals surface area contributed by atoms with Gasteiger partial charge in [0.05, 0.1) is 17.0 Å². The molecule has 2 heterocycles. The second-order valence-electron chi connectivity index (χ2n) is 5.20. The molecule has 1 saturated heterocycles. The summed E-state index contributed by atoms with van der Waals surface area (Å²) < 4.78 is 0. The van der Waals surface area contributed by atoms with Crippen LogP contribution in [0.5, 0.6) is 0 Å². The van der Waals surface area contributed by atoms with Crippen LogP contribution < -0.4 is 5.32 Å². The third-order valence-electron chi connectivity index (χ3n) is 3.71. The maximum atomic E-state index is 12.2. The highest BCUT2D eigenvalue weighted by molar-refractivity contribution is 6.30. The van der Waals surface area contributed by atoms with Crippen LogP contribution in [0.3, 0.4) is 0 Å². The average Bonchev–Trinajstić information content (AvgIpc) is 2.49. The molecule has 1 fully saturated rings. The molecule has 6 nitrogen and oxygen atoms in total. The van der Waals surface area contributed by atoms with E-state index in [0.29, 0.717) is 23.8 Å². The molecule has 2 rings (SSSR count). The molecule has 0 saturated carbocycles. The number of nitrogens with zero attached hydrogens (tertiary/aromatic N) is 2. The van der Waals surface area contributed by atoms with E-state index in [9.17, 15) is 9.59 Å². The van der Waals surface area contributed by atoms with Crippen LogP contribution in [0.1, 0.15) is 19.8 Å². The first-order chi connectivity index (χ1) is 9.97. The molecular formula is C14H19Cl2N3O3. The summed E-state index contributed by atoms with van der Waals surface area (Å²) in [5.41, 5.74) is 0. The Morgan fingerprint density at radius 3 is 2.82 bits per heavy atom. The van der Waals surface area contributed by atoms with Crippen molar-refractivity contribution in [3.8, 4) is 0 Å². The van der Waals surface area contributed by atoms with Gasteiger partial charge in [0.15, 0.2) is 0 Å². The van der Waals surface area contributed by atoms with Gasteiger partial charge in [0.25, 0.3) is 0 Å². The highest BCUT2D eigenvalue weighted by Gasteiger charge is 2.30. The van der Waals surface area contributed by atoms with Gasteiger partial charge in [-0.15, -0.1) is 12.4 Å². The van der Waals surface area contributed by atoms with Gasteiger partial charge in [-0.1, -0.05) is 11.6 Å². The fraction of sp³-hybridized carbons (Fsp3) is 0.500. The number of nitrogens with one attached hydrogen (secondary N) is 1. The third-order valence-corrected chi connectivity index (χ3v) is 3.93. The minimum Gasteiger partial charge on any atom is -0.481 e. The van der Waals surface area contributed by atoms with E-state index in [1.807, 2.05) is 4.90 Å². The first kappa shape index (κ1) is 18.7. The Morgan fingerprint density at radius 1 is 1.50 bits per heavy atom. The van der Waals surface area contributed by atoms with Crippen LogP contribution in [-0.2, 0) is 9.59 Å². The van der Waals surface area contributed by atoms with Crippen LogP contribution in [0.2, 0.25) is 5.02 Å². The van der Waals surface area contributed by atoms with Crippen molar-refractivity contribution < 1.29 is 14.7 Å². The van der Waals surface area contributed by atoms with E-state index in [1.165, 1.54) is 6.20 Å². The number of rotatable bonds is 4. The van der Waals surface area contributed by atoms with Crippen molar-refractivity contribution in [1.29, 1.82) is 0 Å². The topological polar surface area (TPSA) is 82.5 Å². The lowest BCUT2D eigenvalue weighted by atomic mass is 9.97. The van der Waals surface area contributed by atoms with Crippen LogP contribution in [0.4, 0.5) is 5.82 Å². The molecule has 1 amide bonds. The maximum absolute atomic E-state index is 12.2. The molecule has 1 aromatic heterocycles. The van der Waals surface area contributed by atoms with E-state index in [1.54, 1.807) is 19.1 Å². The summed E-state index contributed by atoms with van der Waals surface area (Å²) in [5, 5.41) is 12.3. The standard InChI is InChI=1S/C14H18ClN3O3.ClH/c1-9(18-6-2-3-10(8-18)14(20)21)13(19)17-12-5-4-11(15)7-16-12;/h4-5,7,9-10H,2-3,6,8H2,1H3,(H,20,21)(H,16,17,19);1H. The Bertz CT molecular complexity index is 525. The van der Waals surface area contributed by atoms with Gasteiger partial charge in [-0.3, -0.25) is 14.5 Å². The maximum Gasteiger partial charge on any atom is 0.307 e. The molecule has 1 aliphatic rings. The molecule has 2 unspecified atom stereocenters. The van der Waals surface area contributed by atoms with Crippen molar-refractivity contribution in [2.24, 2.45) is 5.92 Å². The number of carboxylic acids is 1. The molecule has 8 heteroatoms. The van der Waals surface area contributed by atoms with E-state index in [2.05, 4.69) is 10.3 Å². The number of likely N-dealkylation sites (tertiary alicyclic amines) is 1. The Balaban J connectivity index is 0.00000242. The van der Waals surface area contributed by atoms with Crippen LogP contribution in [-0.4, -0.2) is 46.0 Å². The SMILES string of the molecule is CC(C(=O)Nc1ccc(Cl)cn1)N1CCCC(C(=O)O)C1.Cl. The average molecular weight is 348 g/mol. The van der Waals surface area contributed by atoms with Gasteiger partial charge in [-0.25, -0.2) is 4.98 Å². The number of hydrogen-bond donors (Lipinski definition) is 2. The van der Waals surface area contributed by atoms with E-state index in [4.69, 9.17) is 16.7 Å². The Kier molecular flexibility index (Phi) is 7.06. The smallest absolute Gasteiger partial charge is 0.307 e. The van der Waals surface area contributed by atoms with E-state index < -0.39 is 17.9 Å². The van der Waals surface area contributed by atoms with Crippen molar-refractivity contribution >= 4 is 41.7 Å². The minimum atomic E-state index is -0.799. The summed E-state index contributed by atoms with van der Waals surface area (Å²) >= 11 is 5.74. The molecule has 0 bridgehead atoms. The predicted molar refractivity (Wildman–Crippen MR) is 86.5 cm³/mol. The normalized spacial score (nSPS) is 19.8. The first-order valence-electron chi connectivity index (χ1n) is 6.86. The number of carbonyl (C=O) groups excluding carboxylic acids is 1. The second kappa shape index (κ2) is 8.31. The molecule has 22 heavy (non-hydrogen) atoms. The van der Waals surface area contributed by atoms with Gasteiger partial charge < -0.3 is 10.4 Å². The lowest BCUT2D eigenvalue weighted by Gasteiger charge is -2.34. The van der Waals surface area contributed by atoms with Gasteiger partial charge in [0.2, 0.25) is 5.91 Å². The molecule has 0 aromatic carbocycles. The highest BCUT2D eigenvalue weighted by Crippen LogP contribution is 2.19. The molecule has 1 aromatic rings. The number of aromatic nitrogens is 1. The van der Waals surface area contributed by atoms with Gasteiger partial charge in [0.1, 0.15) is 5.82 Å². The number of carboxylic acid groups (broad SMARTS) is 1. The third kappa shape index (κ3) is 4.83.